The van der Waals surface area contributed by atoms with Crippen molar-refractivity contribution in [1.82, 2.24) is 0 Å². The van der Waals surface area contributed by atoms with Crippen molar-refractivity contribution in [1.29, 1.82) is 0 Å². The van der Waals surface area contributed by atoms with Crippen molar-refractivity contribution in [2.75, 3.05) is 0 Å². The van der Waals surface area contributed by atoms with Gasteiger partial charge in [-0.1, -0.05) is 44.5 Å². The molecule has 0 fully saturated rings. The Morgan fingerprint density at radius 2 is 2.06 bits per heavy atom. The van der Waals surface area contributed by atoms with Gasteiger partial charge in [0.2, 0.25) is 0 Å². The summed E-state index contributed by atoms with van der Waals surface area (Å²) in [6.07, 6.45) is 1.78. The van der Waals surface area contributed by atoms with Crippen molar-refractivity contribution < 1.29 is 4.79 Å². The number of hydrogen-bond acceptors (Lipinski definition) is 1. The number of ketones is 1. The summed E-state index contributed by atoms with van der Waals surface area (Å²) in [5.41, 5.74) is 2.07. The van der Waals surface area contributed by atoms with Crippen molar-refractivity contribution in [3.63, 3.8) is 0 Å². The predicted molar refractivity (Wildman–Crippen MR) is 67.0 cm³/mol. The van der Waals surface area contributed by atoms with Gasteiger partial charge in [0.15, 0.2) is 5.78 Å². The number of Topliss-reactive ketones (excluding diaryl/α,β-unsaturated/α-hetero) is 1. The first kappa shape index (κ1) is 11.7. The topological polar surface area (TPSA) is 17.1 Å². The van der Waals surface area contributed by atoms with Crippen LogP contribution in [-0.2, 0) is 6.42 Å². The Kier molecular flexibility index (Phi) is 2.83. The monoisotopic (exact) mass is 236 g/mol. The second-order valence-electron chi connectivity index (χ2n) is 5.80. The summed E-state index contributed by atoms with van der Waals surface area (Å²) < 4.78 is 0. The Hall–Kier alpha value is -0.820. The number of fused-ring (bicyclic) bond motifs is 1. The first-order valence-electron chi connectivity index (χ1n) is 5.70. The average molecular weight is 237 g/mol. The highest BCUT2D eigenvalue weighted by atomic mass is 35.5. The SMILES string of the molecule is CC(C)(C)CC1Cc2cccc(Cl)c2C1=O. The van der Waals surface area contributed by atoms with E-state index in [9.17, 15) is 4.79 Å². The quantitative estimate of drug-likeness (QED) is 0.717. The molecule has 2 heteroatoms. The van der Waals surface area contributed by atoms with Gasteiger partial charge in [0.05, 0.1) is 5.02 Å². The van der Waals surface area contributed by atoms with E-state index >= 15 is 0 Å². The number of rotatable bonds is 1. The zero-order valence-electron chi connectivity index (χ0n) is 10.0. The molecule has 16 heavy (non-hydrogen) atoms. The fourth-order valence-electron chi connectivity index (χ4n) is 2.48. The van der Waals surface area contributed by atoms with Crippen LogP contribution in [-0.4, -0.2) is 5.78 Å². The zero-order valence-corrected chi connectivity index (χ0v) is 10.8. The summed E-state index contributed by atoms with van der Waals surface area (Å²) in [7, 11) is 0. The number of carbonyl (C=O) groups is 1. The molecule has 1 aromatic rings. The Balaban J connectivity index is 2.28. The Morgan fingerprint density at radius 3 is 2.62 bits per heavy atom. The molecule has 0 amide bonds. The lowest BCUT2D eigenvalue weighted by atomic mass is 9.83. The van der Waals surface area contributed by atoms with Crippen LogP contribution in [0.25, 0.3) is 0 Å². The van der Waals surface area contributed by atoms with E-state index in [2.05, 4.69) is 20.8 Å². The molecule has 86 valence electrons. The lowest BCUT2D eigenvalue weighted by Gasteiger charge is -2.21. The highest BCUT2D eigenvalue weighted by Gasteiger charge is 2.34. The first-order chi connectivity index (χ1) is 7.38. The molecule has 0 saturated carbocycles. The van der Waals surface area contributed by atoms with E-state index in [4.69, 9.17) is 11.6 Å². The number of hydrogen-bond donors (Lipinski definition) is 0. The highest BCUT2D eigenvalue weighted by molar-refractivity contribution is 6.34. The van der Waals surface area contributed by atoms with Gasteiger partial charge in [-0.2, -0.15) is 0 Å². The van der Waals surface area contributed by atoms with E-state index in [-0.39, 0.29) is 17.1 Å². The third kappa shape index (κ3) is 2.15. The lowest BCUT2D eigenvalue weighted by molar-refractivity contribution is 0.0904. The molecule has 1 aliphatic rings. The van der Waals surface area contributed by atoms with Gasteiger partial charge in [0.25, 0.3) is 0 Å². The summed E-state index contributed by atoms with van der Waals surface area (Å²) in [5, 5.41) is 0.610. The molecule has 1 aromatic carbocycles. The van der Waals surface area contributed by atoms with Gasteiger partial charge >= 0.3 is 0 Å². The number of benzene rings is 1. The maximum atomic E-state index is 12.2. The largest absolute Gasteiger partial charge is 0.294 e. The van der Waals surface area contributed by atoms with E-state index in [0.29, 0.717) is 5.02 Å². The van der Waals surface area contributed by atoms with E-state index in [1.165, 1.54) is 0 Å². The minimum absolute atomic E-state index is 0.120. The average Bonchev–Trinajstić information content (AvgIpc) is 2.42. The smallest absolute Gasteiger partial charge is 0.168 e. The van der Waals surface area contributed by atoms with Crippen LogP contribution in [0.15, 0.2) is 18.2 Å². The van der Waals surface area contributed by atoms with E-state index in [1.807, 2.05) is 12.1 Å². The van der Waals surface area contributed by atoms with Crippen LogP contribution in [0.1, 0.15) is 43.1 Å². The third-order valence-electron chi connectivity index (χ3n) is 3.04. The van der Waals surface area contributed by atoms with Gasteiger partial charge in [-0.25, -0.2) is 0 Å². The summed E-state index contributed by atoms with van der Waals surface area (Å²) in [4.78, 5) is 12.2. The van der Waals surface area contributed by atoms with Gasteiger partial charge in [0.1, 0.15) is 0 Å². The fraction of sp³-hybridized carbons (Fsp3) is 0.500. The molecule has 0 saturated heterocycles. The molecule has 0 radical (unpaired) electrons. The Labute approximate surface area is 102 Å². The van der Waals surface area contributed by atoms with Gasteiger partial charge in [-0.3, -0.25) is 4.79 Å². The van der Waals surface area contributed by atoms with Crippen LogP contribution in [0.4, 0.5) is 0 Å². The molecule has 1 aliphatic carbocycles. The standard InChI is InChI=1S/C14H17ClO/c1-14(2,3)8-10-7-9-5-4-6-11(15)12(9)13(10)16/h4-6,10H,7-8H2,1-3H3. The fourth-order valence-corrected chi connectivity index (χ4v) is 2.77. The molecule has 0 heterocycles. The van der Waals surface area contributed by atoms with Gasteiger partial charge in [-0.05, 0) is 29.9 Å². The maximum Gasteiger partial charge on any atom is 0.168 e. The molecule has 0 bridgehead atoms. The second-order valence-corrected chi connectivity index (χ2v) is 6.21. The van der Waals surface area contributed by atoms with Crippen molar-refractivity contribution in [2.24, 2.45) is 11.3 Å². The van der Waals surface area contributed by atoms with E-state index < -0.39 is 0 Å². The van der Waals surface area contributed by atoms with Crippen LogP contribution in [0.5, 0.6) is 0 Å². The van der Waals surface area contributed by atoms with Crippen LogP contribution < -0.4 is 0 Å². The summed E-state index contributed by atoms with van der Waals surface area (Å²) in [5.74, 6) is 0.352. The maximum absolute atomic E-state index is 12.2. The van der Waals surface area contributed by atoms with Crippen LogP contribution in [0.3, 0.4) is 0 Å². The van der Waals surface area contributed by atoms with Gasteiger partial charge in [-0.15, -0.1) is 0 Å². The number of halogens is 1. The molecule has 0 aromatic heterocycles. The minimum atomic E-state index is 0.120. The van der Waals surface area contributed by atoms with Gasteiger partial charge in [0, 0.05) is 11.5 Å². The molecular weight excluding hydrogens is 220 g/mol. The van der Waals surface area contributed by atoms with Crippen LogP contribution in [0.2, 0.25) is 5.02 Å². The minimum Gasteiger partial charge on any atom is -0.294 e. The zero-order chi connectivity index (χ0) is 11.9. The molecule has 1 atom stereocenters. The summed E-state index contributed by atoms with van der Waals surface area (Å²) in [6.45, 7) is 6.51. The van der Waals surface area contributed by atoms with Crippen molar-refractivity contribution >= 4 is 17.4 Å². The second kappa shape index (κ2) is 3.89. The molecule has 2 rings (SSSR count). The highest BCUT2D eigenvalue weighted by Crippen LogP contribution is 2.37. The van der Waals surface area contributed by atoms with Crippen LogP contribution in [0, 0.1) is 11.3 Å². The Morgan fingerprint density at radius 1 is 1.38 bits per heavy atom. The van der Waals surface area contributed by atoms with Crippen molar-refractivity contribution in [3.8, 4) is 0 Å². The number of carbonyl (C=O) groups excluding carboxylic acids is 1. The lowest BCUT2D eigenvalue weighted by Crippen LogP contribution is -2.18. The van der Waals surface area contributed by atoms with E-state index in [1.54, 1.807) is 6.07 Å². The molecule has 1 nitrogen and oxygen atoms in total. The summed E-state index contributed by atoms with van der Waals surface area (Å²) >= 11 is 6.08. The predicted octanol–water partition coefficient (Wildman–Crippen LogP) is 4.13. The van der Waals surface area contributed by atoms with Gasteiger partial charge < -0.3 is 0 Å². The summed E-state index contributed by atoms with van der Waals surface area (Å²) in [6, 6.07) is 5.74. The molecule has 1 unspecified atom stereocenters. The molecule has 0 aliphatic heterocycles. The Bertz CT molecular complexity index is 429. The molecule has 0 spiro atoms. The normalized spacial score (nSPS) is 20.0. The third-order valence-corrected chi connectivity index (χ3v) is 3.36. The molecule has 0 N–H and O–H groups in total. The van der Waals surface area contributed by atoms with Crippen LogP contribution >= 0.6 is 11.6 Å². The van der Waals surface area contributed by atoms with Crippen molar-refractivity contribution in [2.45, 2.75) is 33.6 Å². The van der Waals surface area contributed by atoms with Crippen molar-refractivity contribution in [3.05, 3.63) is 34.3 Å². The van der Waals surface area contributed by atoms with E-state index in [0.717, 1.165) is 24.0 Å². The molecular formula is C14H17ClO. The first-order valence-corrected chi connectivity index (χ1v) is 6.08.